The Kier molecular flexibility index (Phi) is 3.22. The Morgan fingerprint density at radius 3 is 2.53 bits per heavy atom. The molecular weight excluding hydrogens is 281 g/mol. The lowest BCUT2D eigenvalue weighted by atomic mass is 10.2. The predicted octanol–water partition coefficient (Wildman–Crippen LogP) is 3.96. The van der Waals surface area contributed by atoms with Gasteiger partial charge in [0.1, 0.15) is 5.82 Å². The number of rotatable bonds is 5. The van der Waals surface area contributed by atoms with Crippen molar-refractivity contribution in [3.63, 3.8) is 0 Å². The van der Waals surface area contributed by atoms with Crippen LogP contribution in [0.4, 0.5) is 4.39 Å². The minimum atomic E-state index is -0.142. The average molecular weight is 298 g/mol. The Morgan fingerprint density at radius 2 is 1.94 bits per heavy atom. The molecule has 3 rings (SSSR count). The van der Waals surface area contributed by atoms with Crippen LogP contribution < -0.4 is 0 Å². The van der Waals surface area contributed by atoms with Gasteiger partial charge in [-0.15, -0.1) is 0 Å². The minimum Gasteiger partial charge on any atom is -0.296 e. The summed E-state index contributed by atoms with van der Waals surface area (Å²) in [7, 11) is 0. The molecule has 2 aliphatic rings. The van der Waals surface area contributed by atoms with Crippen LogP contribution in [0.25, 0.3) is 0 Å². The molecule has 0 aliphatic heterocycles. The van der Waals surface area contributed by atoms with Crippen LogP contribution >= 0.6 is 15.9 Å². The quantitative estimate of drug-likeness (QED) is 0.795. The fraction of sp³-hybridized carbons (Fsp3) is 0.571. The third-order valence-corrected chi connectivity index (χ3v) is 4.02. The molecule has 92 valence electrons. The van der Waals surface area contributed by atoms with E-state index in [9.17, 15) is 4.39 Å². The summed E-state index contributed by atoms with van der Waals surface area (Å²) in [5.74, 6) is 0.768. The maximum atomic E-state index is 13.3. The van der Waals surface area contributed by atoms with Gasteiger partial charge in [0.2, 0.25) is 0 Å². The summed E-state index contributed by atoms with van der Waals surface area (Å²) in [5.41, 5.74) is 1.09. The minimum absolute atomic E-state index is 0.142. The zero-order valence-electron chi connectivity index (χ0n) is 9.83. The molecule has 0 N–H and O–H groups in total. The first-order chi connectivity index (χ1) is 8.20. The summed E-state index contributed by atoms with van der Waals surface area (Å²) in [4.78, 5) is 2.54. The number of halogens is 2. The summed E-state index contributed by atoms with van der Waals surface area (Å²) < 4.78 is 14.2. The molecule has 2 saturated carbocycles. The van der Waals surface area contributed by atoms with Crippen molar-refractivity contribution in [3.05, 3.63) is 34.1 Å². The van der Waals surface area contributed by atoms with Crippen molar-refractivity contribution in [1.29, 1.82) is 0 Å². The van der Waals surface area contributed by atoms with Crippen LogP contribution in [0.15, 0.2) is 22.7 Å². The second-order valence-electron chi connectivity index (χ2n) is 5.38. The van der Waals surface area contributed by atoms with Crippen molar-refractivity contribution in [2.24, 2.45) is 5.92 Å². The van der Waals surface area contributed by atoms with Crippen LogP contribution in [0.2, 0.25) is 0 Å². The van der Waals surface area contributed by atoms with Crippen LogP contribution in [0.3, 0.4) is 0 Å². The molecule has 1 aromatic rings. The molecule has 1 nitrogen and oxygen atoms in total. The molecular formula is C14H17BrFN. The largest absolute Gasteiger partial charge is 0.296 e. The van der Waals surface area contributed by atoms with E-state index in [4.69, 9.17) is 0 Å². The molecule has 0 heterocycles. The van der Waals surface area contributed by atoms with Gasteiger partial charge in [0.15, 0.2) is 0 Å². The Hall–Kier alpha value is -0.410. The van der Waals surface area contributed by atoms with E-state index in [0.29, 0.717) is 0 Å². The lowest BCUT2D eigenvalue weighted by Crippen LogP contribution is -2.27. The second kappa shape index (κ2) is 4.69. The summed E-state index contributed by atoms with van der Waals surface area (Å²) in [6.07, 6.45) is 5.42. The highest BCUT2D eigenvalue weighted by atomic mass is 79.9. The number of hydrogen-bond donors (Lipinski definition) is 0. The summed E-state index contributed by atoms with van der Waals surface area (Å²) in [6.45, 7) is 2.11. The van der Waals surface area contributed by atoms with E-state index in [2.05, 4.69) is 20.8 Å². The molecule has 3 heteroatoms. The van der Waals surface area contributed by atoms with Gasteiger partial charge in [0.25, 0.3) is 0 Å². The molecule has 0 radical (unpaired) electrons. The van der Waals surface area contributed by atoms with E-state index >= 15 is 0 Å². The van der Waals surface area contributed by atoms with E-state index in [1.54, 1.807) is 6.07 Å². The Morgan fingerprint density at radius 1 is 1.18 bits per heavy atom. The average Bonchev–Trinajstić information content (AvgIpc) is 3.11. The van der Waals surface area contributed by atoms with E-state index < -0.39 is 0 Å². The molecule has 2 aliphatic carbocycles. The monoisotopic (exact) mass is 297 g/mol. The van der Waals surface area contributed by atoms with Crippen molar-refractivity contribution in [1.82, 2.24) is 4.90 Å². The molecule has 0 saturated heterocycles. The second-order valence-corrected chi connectivity index (χ2v) is 6.30. The highest BCUT2D eigenvalue weighted by Crippen LogP contribution is 2.35. The lowest BCUT2D eigenvalue weighted by Gasteiger charge is -2.22. The van der Waals surface area contributed by atoms with Crippen LogP contribution in [-0.4, -0.2) is 17.5 Å². The maximum absolute atomic E-state index is 13.3. The van der Waals surface area contributed by atoms with Crippen molar-refractivity contribution >= 4 is 15.9 Å². The first kappa shape index (κ1) is 11.7. The topological polar surface area (TPSA) is 3.24 Å². The molecule has 17 heavy (non-hydrogen) atoms. The molecule has 0 amide bonds. The summed E-state index contributed by atoms with van der Waals surface area (Å²) in [6, 6.07) is 5.97. The third-order valence-electron chi connectivity index (χ3n) is 3.56. The summed E-state index contributed by atoms with van der Waals surface area (Å²) >= 11 is 3.36. The van der Waals surface area contributed by atoms with Crippen molar-refractivity contribution < 1.29 is 4.39 Å². The standard InChI is InChI=1S/C14H17BrFN/c15-12-5-11(6-13(16)7-12)9-17(14-3-4-14)8-10-1-2-10/h5-7,10,14H,1-4,8-9H2. The van der Waals surface area contributed by atoms with Crippen molar-refractivity contribution in [2.75, 3.05) is 6.54 Å². The van der Waals surface area contributed by atoms with E-state index in [0.717, 1.165) is 28.5 Å². The molecule has 2 fully saturated rings. The van der Waals surface area contributed by atoms with Gasteiger partial charge in [0, 0.05) is 23.6 Å². The van der Waals surface area contributed by atoms with Gasteiger partial charge in [-0.1, -0.05) is 15.9 Å². The van der Waals surface area contributed by atoms with E-state index in [1.165, 1.54) is 38.3 Å². The Balaban J connectivity index is 1.69. The van der Waals surface area contributed by atoms with Crippen molar-refractivity contribution in [2.45, 2.75) is 38.3 Å². The Bertz CT molecular complexity index is 392. The lowest BCUT2D eigenvalue weighted by molar-refractivity contribution is 0.244. The highest BCUT2D eigenvalue weighted by molar-refractivity contribution is 9.10. The third kappa shape index (κ3) is 3.29. The predicted molar refractivity (Wildman–Crippen MR) is 70.3 cm³/mol. The van der Waals surface area contributed by atoms with Gasteiger partial charge in [-0.05, 0) is 55.4 Å². The number of hydrogen-bond acceptors (Lipinski definition) is 1. The van der Waals surface area contributed by atoms with Gasteiger partial charge in [-0.2, -0.15) is 0 Å². The van der Waals surface area contributed by atoms with E-state index in [-0.39, 0.29) is 5.82 Å². The zero-order chi connectivity index (χ0) is 11.8. The fourth-order valence-corrected chi connectivity index (χ4v) is 2.86. The molecule has 0 atom stereocenters. The van der Waals surface area contributed by atoms with Crippen molar-refractivity contribution in [3.8, 4) is 0 Å². The zero-order valence-corrected chi connectivity index (χ0v) is 11.4. The highest BCUT2D eigenvalue weighted by Gasteiger charge is 2.33. The fourth-order valence-electron chi connectivity index (χ4n) is 2.35. The molecule has 0 aromatic heterocycles. The van der Waals surface area contributed by atoms with Gasteiger partial charge < -0.3 is 0 Å². The van der Waals surface area contributed by atoms with Crippen LogP contribution in [0.5, 0.6) is 0 Å². The maximum Gasteiger partial charge on any atom is 0.124 e. The SMILES string of the molecule is Fc1cc(Br)cc(CN(CC2CC2)C2CC2)c1. The molecule has 0 bridgehead atoms. The van der Waals surface area contributed by atoms with Crippen LogP contribution in [0.1, 0.15) is 31.2 Å². The molecule has 0 unspecified atom stereocenters. The van der Waals surface area contributed by atoms with Crippen LogP contribution in [-0.2, 0) is 6.54 Å². The normalized spacial score (nSPS) is 19.9. The van der Waals surface area contributed by atoms with Gasteiger partial charge >= 0.3 is 0 Å². The smallest absolute Gasteiger partial charge is 0.124 e. The van der Waals surface area contributed by atoms with E-state index in [1.807, 2.05) is 6.07 Å². The first-order valence-corrected chi connectivity index (χ1v) is 7.19. The molecule has 0 spiro atoms. The van der Waals surface area contributed by atoms with Gasteiger partial charge in [0.05, 0.1) is 0 Å². The summed E-state index contributed by atoms with van der Waals surface area (Å²) in [5, 5.41) is 0. The van der Waals surface area contributed by atoms with Crippen LogP contribution in [0, 0.1) is 11.7 Å². The Labute approximate surface area is 110 Å². The van der Waals surface area contributed by atoms with Gasteiger partial charge in [-0.25, -0.2) is 4.39 Å². The van der Waals surface area contributed by atoms with Gasteiger partial charge in [-0.3, -0.25) is 4.90 Å². The molecule has 1 aromatic carbocycles. The number of nitrogens with zero attached hydrogens (tertiary/aromatic N) is 1. The first-order valence-electron chi connectivity index (χ1n) is 6.40. The number of benzene rings is 1.